The number of aromatic nitrogens is 1. The molecule has 13 heavy (non-hydrogen) atoms. The minimum Gasteiger partial charge on any atom is -0.411 e. The van der Waals surface area contributed by atoms with Crippen molar-refractivity contribution in [3.05, 3.63) is 34.4 Å². The molecular formula is C9H7BrN2O. The Kier molecular flexibility index (Phi) is 2.06. The second-order valence-electron chi connectivity index (χ2n) is 2.70. The summed E-state index contributed by atoms with van der Waals surface area (Å²) >= 11 is 3.38. The largest absolute Gasteiger partial charge is 0.411 e. The van der Waals surface area contributed by atoms with Crippen molar-refractivity contribution in [2.45, 2.75) is 0 Å². The number of nitrogens with one attached hydrogen (secondary N) is 1. The third-order valence-electron chi connectivity index (χ3n) is 1.80. The fourth-order valence-corrected chi connectivity index (χ4v) is 1.61. The molecule has 1 aromatic heterocycles. The Morgan fingerprint density at radius 1 is 1.38 bits per heavy atom. The molecule has 66 valence electrons. The maximum Gasteiger partial charge on any atom is 0.0896 e. The van der Waals surface area contributed by atoms with E-state index in [9.17, 15) is 0 Å². The van der Waals surface area contributed by atoms with Gasteiger partial charge in [0.1, 0.15) is 0 Å². The summed E-state index contributed by atoms with van der Waals surface area (Å²) in [6.45, 7) is 0. The van der Waals surface area contributed by atoms with Crippen LogP contribution < -0.4 is 0 Å². The van der Waals surface area contributed by atoms with Crippen LogP contribution in [0.4, 0.5) is 0 Å². The van der Waals surface area contributed by atoms with Gasteiger partial charge in [0.05, 0.1) is 11.9 Å². The molecule has 0 atom stereocenters. The molecule has 0 aliphatic rings. The van der Waals surface area contributed by atoms with Gasteiger partial charge in [0, 0.05) is 15.4 Å². The molecular weight excluding hydrogens is 232 g/mol. The van der Waals surface area contributed by atoms with Gasteiger partial charge in [-0.25, -0.2) is 0 Å². The maximum atomic E-state index is 8.34. The average molecular weight is 239 g/mol. The molecule has 4 heteroatoms. The molecule has 1 aromatic carbocycles. The van der Waals surface area contributed by atoms with Gasteiger partial charge in [-0.2, -0.15) is 0 Å². The molecule has 0 saturated heterocycles. The third kappa shape index (κ3) is 1.58. The lowest BCUT2D eigenvalue weighted by molar-refractivity contribution is 0.321. The molecule has 2 rings (SSSR count). The molecule has 0 bridgehead atoms. The van der Waals surface area contributed by atoms with Gasteiger partial charge in [-0.3, -0.25) is 0 Å². The molecule has 0 fully saturated rings. The van der Waals surface area contributed by atoms with Crippen LogP contribution in [0.25, 0.3) is 10.9 Å². The molecule has 0 unspecified atom stereocenters. The highest BCUT2D eigenvalue weighted by Crippen LogP contribution is 2.19. The Labute approximate surface area is 83.2 Å². The first-order valence-corrected chi connectivity index (χ1v) is 4.54. The fourth-order valence-electron chi connectivity index (χ4n) is 1.25. The monoisotopic (exact) mass is 238 g/mol. The van der Waals surface area contributed by atoms with E-state index in [0.717, 1.165) is 21.1 Å². The van der Waals surface area contributed by atoms with Gasteiger partial charge in [0.2, 0.25) is 0 Å². The van der Waals surface area contributed by atoms with E-state index in [0.29, 0.717) is 0 Å². The number of H-pyrrole nitrogens is 1. The Hall–Kier alpha value is -1.29. The van der Waals surface area contributed by atoms with E-state index in [1.54, 1.807) is 0 Å². The number of halogens is 1. The third-order valence-corrected chi connectivity index (χ3v) is 2.30. The summed E-state index contributed by atoms with van der Waals surface area (Å²) in [6, 6.07) is 7.85. The summed E-state index contributed by atoms with van der Waals surface area (Å²) in [6.07, 6.45) is 1.37. The van der Waals surface area contributed by atoms with Crippen LogP contribution >= 0.6 is 15.9 Å². The van der Waals surface area contributed by atoms with E-state index in [-0.39, 0.29) is 0 Å². The molecule has 0 radical (unpaired) electrons. The highest BCUT2D eigenvalue weighted by atomic mass is 79.9. The van der Waals surface area contributed by atoms with Gasteiger partial charge < -0.3 is 10.2 Å². The highest BCUT2D eigenvalue weighted by molar-refractivity contribution is 9.10. The van der Waals surface area contributed by atoms with Crippen LogP contribution in [-0.4, -0.2) is 16.4 Å². The molecule has 0 aliphatic heterocycles. The van der Waals surface area contributed by atoms with Crippen LogP contribution in [0, 0.1) is 0 Å². The Morgan fingerprint density at radius 3 is 3.00 bits per heavy atom. The van der Waals surface area contributed by atoms with Crippen LogP contribution in [0.3, 0.4) is 0 Å². The first-order valence-electron chi connectivity index (χ1n) is 3.75. The number of benzene rings is 1. The van der Waals surface area contributed by atoms with Crippen LogP contribution in [0.5, 0.6) is 0 Å². The minimum absolute atomic E-state index is 0.788. The van der Waals surface area contributed by atoms with E-state index in [1.807, 2.05) is 24.3 Å². The Bertz CT molecular complexity index is 462. The van der Waals surface area contributed by atoms with Gasteiger partial charge in [0.15, 0.2) is 0 Å². The molecule has 0 spiro atoms. The van der Waals surface area contributed by atoms with Crippen molar-refractivity contribution in [2.75, 3.05) is 0 Å². The van der Waals surface area contributed by atoms with Crippen molar-refractivity contribution in [3.63, 3.8) is 0 Å². The summed E-state index contributed by atoms with van der Waals surface area (Å²) < 4.78 is 1.02. The predicted octanol–water partition coefficient (Wildman–Crippen LogP) is 2.74. The molecule has 3 nitrogen and oxygen atoms in total. The molecule has 2 N–H and O–H groups in total. The average Bonchev–Trinajstić information content (AvgIpc) is 2.46. The smallest absolute Gasteiger partial charge is 0.0896 e. The van der Waals surface area contributed by atoms with Crippen LogP contribution in [-0.2, 0) is 0 Å². The van der Waals surface area contributed by atoms with Crippen molar-refractivity contribution >= 4 is 33.0 Å². The Morgan fingerprint density at radius 2 is 2.23 bits per heavy atom. The first-order chi connectivity index (χ1) is 6.29. The zero-order valence-corrected chi connectivity index (χ0v) is 8.25. The van der Waals surface area contributed by atoms with Crippen LogP contribution in [0.1, 0.15) is 5.69 Å². The Balaban J connectivity index is 2.62. The van der Waals surface area contributed by atoms with Crippen molar-refractivity contribution in [3.8, 4) is 0 Å². The van der Waals surface area contributed by atoms with Gasteiger partial charge in [-0.15, -0.1) is 0 Å². The minimum atomic E-state index is 0.788. The number of rotatable bonds is 1. The van der Waals surface area contributed by atoms with Gasteiger partial charge in [-0.1, -0.05) is 27.2 Å². The second kappa shape index (κ2) is 3.22. The molecule has 0 saturated carbocycles. The zero-order chi connectivity index (χ0) is 9.26. The SMILES string of the molecule is ON=Cc1cc2ccc(Br)cc2[nH]1. The number of hydrogen-bond acceptors (Lipinski definition) is 2. The lowest BCUT2D eigenvalue weighted by atomic mass is 10.2. The summed E-state index contributed by atoms with van der Waals surface area (Å²) in [7, 11) is 0. The second-order valence-corrected chi connectivity index (χ2v) is 3.62. The summed E-state index contributed by atoms with van der Waals surface area (Å²) in [5.41, 5.74) is 1.81. The van der Waals surface area contributed by atoms with Gasteiger partial charge >= 0.3 is 0 Å². The van der Waals surface area contributed by atoms with E-state index >= 15 is 0 Å². The lowest BCUT2D eigenvalue weighted by Crippen LogP contribution is -1.77. The van der Waals surface area contributed by atoms with Gasteiger partial charge in [0.25, 0.3) is 0 Å². The van der Waals surface area contributed by atoms with Crippen molar-refractivity contribution < 1.29 is 5.21 Å². The first kappa shape index (κ1) is 8.31. The van der Waals surface area contributed by atoms with E-state index in [1.165, 1.54) is 6.21 Å². The summed E-state index contributed by atoms with van der Waals surface area (Å²) in [5.74, 6) is 0. The maximum absolute atomic E-state index is 8.34. The number of oxime groups is 1. The number of nitrogens with zero attached hydrogens (tertiary/aromatic N) is 1. The summed E-state index contributed by atoms with van der Waals surface area (Å²) in [4.78, 5) is 3.10. The zero-order valence-electron chi connectivity index (χ0n) is 6.66. The fraction of sp³-hybridized carbons (Fsp3) is 0. The standard InChI is InChI=1S/C9H7BrN2O/c10-7-2-1-6-3-8(5-11-13)12-9(6)4-7/h1-5,12-13H. The van der Waals surface area contributed by atoms with E-state index < -0.39 is 0 Å². The lowest BCUT2D eigenvalue weighted by Gasteiger charge is -1.89. The normalized spacial score (nSPS) is 11.5. The predicted molar refractivity (Wildman–Crippen MR) is 55.4 cm³/mol. The number of hydrogen-bond donors (Lipinski definition) is 2. The van der Waals surface area contributed by atoms with Crippen LogP contribution in [0.2, 0.25) is 0 Å². The summed E-state index contributed by atoms with van der Waals surface area (Å²) in [5, 5.41) is 12.4. The quantitative estimate of drug-likeness (QED) is 0.448. The number of aromatic amines is 1. The van der Waals surface area contributed by atoms with Crippen LogP contribution in [0.15, 0.2) is 33.9 Å². The molecule has 1 heterocycles. The van der Waals surface area contributed by atoms with Gasteiger partial charge in [-0.05, 0) is 18.2 Å². The molecule has 0 aliphatic carbocycles. The van der Waals surface area contributed by atoms with E-state index in [4.69, 9.17) is 5.21 Å². The molecule has 2 aromatic rings. The highest BCUT2D eigenvalue weighted by Gasteiger charge is 1.98. The topological polar surface area (TPSA) is 48.4 Å². The van der Waals surface area contributed by atoms with E-state index in [2.05, 4.69) is 26.1 Å². The van der Waals surface area contributed by atoms with Crippen molar-refractivity contribution in [1.29, 1.82) is 0 Å². The number of fused-ring (bicyclic) bond motifs is 1. The van der Waals surface area contributed by atoms with Crippen molar-refractivity contribution in [1.82, 2.24) is 4.98 Å². The van der Waals surface area contributed by atoms with Crippen molar-refractivity contribution in [2.24, 2.45) is 5.16 Å². The molecule has 0 amide bonds.